The monoisotopic (exact) mass is 1100 g/mol. The van der Waals surface area contributed by atoms with E-state index in [1.165, 1.54) is 36.1 Å². The number of carboxylic acids is 1. The van der Waals surface area contributed by atoms with Gasteiger partial charge in [0.2, 0.25) is 23.6 Å². The number of alkyl halides is 3. The summed E-state index contributed by atoms with van der Waals surface area (Å²) in [7, 11) is 0. The van der Waals surface area contributed by atoms with Crippen LogP contribution in [-0.4, -0.2) is 122 Å². The number of carboxylic acid groups (broad SMARTS) is 1. The Labute approximate surface area is 444 Å². The summed E-state index contributed by atoms with van der Waals surface area (Å²) in [6.07, 6.45) is -1.41. The lowest BCUT2D eigenvalue weighted by atomic mass is 9.84. The Morgan fingerprint density at radius 2 is 1.47 bits per heavy atom. The van der Waals surface area contributed by atoms with Crippen LogP contribution in [0.4, 0.5) is 38.1 Å². The van der Waals surface area contributed by atoms with Crippen LogP contribution in [0, 0.1) is 23.0 Å². The van der Waals surface area contributed by atoms with Gasteiger partial charge >= 0.3 is 18.2 Å². The molecule has 78 heavy (non-hydrogen) atoms. The minimum Gasteiger partial charge on any atom is -0.475 e. The first-order chi connectivity index (χ1) is 36.6. The number of hydrogen-bond acceptors (Lipinski definition) is 12. The largest absolute Gasteiger partial charge is 0.490 e. The van der Waals surface area contributed by atoms with Crippen LogP contribution in [-0.2, 0) is 44.9 Å². The molecule has 5 rings (SSSR count). The van der Waals surface area contributed by atoms with E-state index in [0.717, 1.165) is 40.8 Å². The number of benzene rings is 3. The predicted octanol–water partition coefficient (Wildman–Crippen LogP) is 4.24. The number of ketones is 1. The number of nitrogens with zero attached hydrogens (tertiary/aromatic N) is 4. The van der Waals surface area contributed by atoms with E-state index in [2.05, 4.69) is 21.3 Å². The quantitative estimate of drug-likeness (QED) is 0.0277. The fourth-order valence-corrected chi connectivity index (χ4v) is 7.99. The summed E-state index contributed by atoms with van der Waals surface area (Å²) in [5.41, 5.74) is 12.2. The topological polar surface area (TPSA) is 319 Å². The molecule has 0 bridgehead atoms. The Hall–Kier alpha value is -8.39. The van der Waals surface area contributed by atoms with Gasteiger partial charge in [0.15, 0.2) is 5.78 Å². The molecule has 4 atom stereocenters. The molecule has 0 saturated heterocycles. The molecule has 0 saturated carbocycles. The molecule has 0 unspecified atom stereocenters. The molecule has 420 valence electrons. The molecule has 1 aliphatic rings. The number of amides is 8. The van der Waals surface area contributed by atoms with Crippen LogP contribution in [0.2, 0.25) is 0 Å². The molecule has 10 N–H and O–H groups in total. The number of aromatic nitrogens is 2. The maximum Gasteiger partial charge on any atom is 0.490 e. The molecular weight excluding hydrogens is 1040 g/mol. The van der Waals surface area contributed by atoms with E-state index in [9.17, 15) is 61.0 Å². The van der Waals surface area contributed by atoms with Gasteiger partial charge in [0.05, 0.1) is 29.5 Å². The number of Topliss-reactive ketones (excluding diaryl/α,β-unsaturated/α-hetero) is 1. The number of imidazole rings is 1. The highest BCUT2D eigenvalue weighted by atomic mass is 19.4. The summed E-state index contributed by atoms with van der Waals surface area (Å²) in [6, 6.07) is 14.4. The number of carbonyl (C=O) groups excluding carboxylic acids is 8. The highest BCUT2D eigenvalue weighted by Gasteiger charge is 2.40. The second-order valence-electron chi connectivity index (χ2n) is 18.9. The molecule has 0 fully saturated rings. The van der Waals surface area contributed by atoms with E-state index in [1.54, 1.807) is 10.8 Å². The fourth-order valence-electron chi connectivity index (χ4n) is 7.99. The van der Waals surface area contributed by atoms with Crippen molar-refractivity contribution in [2.24, 2.45) is 22.8 Å². The summed E-state index contributed by atoms with van der Waals surface area (Å²) in [5, 5.41) is 27.6. The van der Waals surface area contributed by atoms with Crippen LogP contribution in [0.1, 0.15) is 77.2 Å². The predicted molar refractivity (Wildman–Crippen MR) is 272 cm³/mol. The summed E-state index contributed by atoms with van der Waals surface area (Å²) in [4.78, 5) is 118. The van der Waals surface area contributed by atoms with Gasteiger partial charge in [-0.25, -0.2) is 28.3 Å². The molecule has 0 aliphatic carbocycles. The number of urea groups is 1. The SMILES string of the molecule is C[C@H](NC(=O)CCNC(=O)[C@@H](N)CCN(C(=O)CO)[C@@H](c1nc(-c2cc(F)ccc2F)cn1Cc1ccccc1)C(C)(C)C)C(=O)C[C@@H](CCCNC(N)=O)C(=O)Nc1ccc(N2C(=O)C=CC2=O)cc1.O=C(O)C(F)(F)F. The van der Waals surface area contributed by atoms with Crippen LogP contribution < -0.4 is 37.6 Å². The first-order valence-electron chi connectivity index (χ1n) is 24.2. The first-order valence-corrected chi connectivity index (χ1v) is 24.2. The van der Waals surface area contributed by atoms with Crippen molar-refractivity contribution in [3.05, 3.63) is 114 Å². The van der Waals surface area contributed by atoms with Gasteiger partial charge in [0, 0.05) is 74.5 Å². The van der Waals surface area contributed by atoms with Gasteiger partial charge in [-0.3, -0.25) is 33.6 Å². The lowest BCUT2D eigenvalue weighted by molar-refractivity contribution is -0.192. The lowest BCUT2D eigenvalue weighted by Gasteiger charge is -2.40. The van der Waals surface area contributed by atoms with E-state index < -0.39 is 107 Å². The van der Waals surface area contributed by atoms with Gasteiger partial charge in [-0.05, 0) is 79.6 Å². The maximum atomic E-state index is 15.1. The van der Waals surface area contributed by atoms with E-state index >= 15 is 4.39 Å². The van der Waals surface area contributed by atoms with Crippen LogP contribution in [0.15, 0.2) is 91.1 Å². The van der Waals surface area contributed by atoms with Crippen molar-refractivity contribution < 1.29 is 75.3 Å². The number of aliphatic hydroxyl groups is 1. The zero-order valence-electron chi connectivity index (χ0n) is 42.9. The molecule has 4 aromatic rings. The highest BCUT2D eigenvalue weighted by molar-refractivity contribution is 6.28. The number of rotatable bonds is 24. The van der Waals surface area contributed by atoms with Crippen molar-refractivity contribution in [3.8, 4) is 11.3 Å². The zero-order valence-corrected chi connectivity index (χ0v) is 42.9. The summed E-state index contributed by atoms with van der Waals surface area (Å²) >= 11 is 0. The average molecular weight is 1100 g/mol. The van der Waals surface area contributed by atoms with Crippen molar-refractivity contribution in [2.45, 2.75) is 90.6 Å². The lowest BCUT2D eigenvalue weighted by Crippen LogP contribution is -2.48. The molecule has 0 radical (unpaired) electrons. The molecule has 26 heteroatoms. The van der Waals surface area contributed by atoms with Crippen molar-refractivity contribution >= 4 is 64.6 Å². The van der Waals surface area contributed by atoms with Gasteiger partial charge < -0.3 is 52.4 Å². The number of hydrogen-bond donors (Lipinski definition) is 8. The maximum absolute atomic E-state index is 15.1. The Morgan fingerprint density at radius 3 is 2.05 bits per heavy atom. The van der Waals surface area contributed by atoms with Gasteiger partial charge in [-0.2, -0.15) is 13.2 Å². The van der Waals surface area contributed by atoms with Gasteiger partial charge in [0.1, 0.15) is 24.1 Å². The van der Waals surface area contributed by atoms with Crippen LogP contribution in [0.3, 0.4) is 0 Å². The van der Waals surface area contributed by atoms with E-state index in [1.807, 2.05) is 51.1 Å². The summed E-state index contributed by atoms with van der Waals surface area (Å²) < 4.78 is 63.0. The third kappa shape index (κ3) is 18.4. The number of aliphatic hydroxyl groups excluding tert-OH is 1. The van der Waals surface area contributed by atoms with Crippen molar-refractivity contribution in [1.82, 2.24) is 30.4 Å². The number of anilines is 2. The third-order valence-electron chi connectivity index (χ3n) is 11.9. The Morgan fingerprint density at radius 1 is 0.846 bits per heavy atom. The van der Waals surface area contributed by atoms with Crippen molar-refractivity contribution in [2.75, 3.05) is 36.5 Å². The minimum atomic E-state index is -5.08. The van der Waals surface area contributed by atoms with E-state index in [0.29, 0.717) is 17.2 Å². The highest BCUT2D eigenvalue weighted by Crippen LogP contribution is 2.40. The summed E-state index contributed by atoms with van der Waals surface area (Å²) in [5.74, 6) is -8.68. The molecule has 21 nitrogen and oxygen atoms in total. The number of nitrogens with one attached hydrogen (secondary N) is 4. The number of nitrogens with two attached hydrogens (primary N) is 2. The minimum absolute atomic E-state index is 0.0889. The molecule has 3 aromatic carbocycles. The van der Waals surface area contributed by atoms with Crippen LogP contribution in [0.5, 0.6) is 0 Å². The number of carbonyl (C=O) groups is 9. The Balaban J connectivity index is 0.00000175. The molecule has 0 spiro atoms. The van der Waals surface area contributed by atoms with E-state index in [-0.39, 0.29) is 69.5 Å². The van der Waals surface area contributed by atoms with Crippen LogP contribution >= 0.6 is 0 Å². The molecule has 8 amide bonds. The number of primary amides is 1. The Bertz CT molecular complexity index is 2820. The number of imide groups is 1. The zero-order chi connectivity index (χ0) is 58.1. The normalized spacial score (nSPS) is 13.8. The Kier molecular flexibility index (Phi) is 22.4. The number of aliphatic carboxylic acids is 1. The molecule has 2 heterocycles. The second kappa shape index (κ2) is 28.1. The molecule has 1 aromatic heterocycles. The van der Waals surface area contributed by atoms with Crippen molar-refractivity contribution in [3.63, 3.8) is 0 Å². The molecule has 1 aliphatic heterocycles. The van der Waals surface area contributed by atoms with Crippen molar-refractivity contribution in [1.29, 1.82) is 0 Å². The van der Waals surface area contributed by atoms with Crippen LogP contribution in [0.25, 0.3) is 11.3 Å². The van der Waals surface area contributed by atoms with E-state index in [4.69, 9.17) is 26.4 Å². The third-order valence-corrected chi connectivity index (χ3v) is 11.9. The summed E-state index contributed by atoms with van der Waals surface area (Å²) in [6.45, 7) is 6.18. The average Bonchev–Trinajstić information content (AvgIpc) is 3.99. The molecular formula is C52H61F5N10O11. The first kappa shape index (κ1) is 62.2. The fraction of sp³-hybridized carbons (Fsp3) is 0.385. The van der Waals surface area contributed by atoms with Gasteiger partial charge in [0.25, 0.3) is 11.8 Å². The smallest absolute Gasteiger partial charge is 0.475 e. The standard InChI is InChI=1S/C50H60F2N10O9.C2HF3O2/c1-30(40(64)25-32(11-8-22-56-49(54)71)47(69)58-34-13-15-35(16-14-34)62-42(66)18-19-43(62)67)57-41(65)20-23-55-48(70)38(53)21-24-61(44(68)29-63)45(50(2,3)4)46-59-39(36-26-33(51)12-17-37(36)52)28-60(46)27-31-9-6-5-7-10-31;3-2(4,5)1(6)7/h5-7,9-10,12-19,26,28,30,32,38,45,63H,8,11,20-25,27,29,53H2,1-4H3,(H,55,70)(H,57,65)(H,58,69)(H3,54,56,71);(H,6,7)/t30-,32+,38-,45-;/m0./s1. The number of halogens is 5. The van der Waals surface area contributed by atoms with Gasteiger partial charge in [-0.15, -0.1) is 0 Å². The second-order valence-corrected chi connectivity index (χ2v) is 18.9. The van der Waals surface area contributed by atoms with Gasteiger partial charge in [-0.1, -0.05) is 51.1 Å².